The van der Waals surface area contributed by atoms with Crippen LogP contribution < -0.4 is 10.1 Å². The maximum Gasteiger partial charge on any atom is 0.325 e. The molecule has 0 fully saturated rings. The van der Waals surface area contributed by atoms with E-state index in [0.717, 1.165) is 10.8 Å². The number of rotatable bonds is 5. The zero-order chi connectivity index (χ0) is 14.5. The van der Waals surface area contributed by atoms with Gasteiger partial charge in [-0.3, -0.25) is 10.1 Å². The zero-order valence-electron chi connectivity index (χ0n) is 11.1. The number of methoxy groups -OCH3 is 1. The van der Waals surface area contributed by atoms with Crippen molar-refractivity contribution in [3.8, 4) is 18.1 Å². The van der Waals surface area contributed by atoms with Crippen molar-refractivity contribution in [2.24, 2.45) is 0 Å². The second-order valence-electron chi connectivity index (χ2n) is 4.26. The van der Waals surface area contributed by atoms with Gasteiger partial charge in [-0.05, 0) is 16.8 Å². The van der Waals surface area contributed by atoms with Crippen LogP contribution in [0.15, 0.2) is 36.4 Å². The Morgan fingerprint density at radius 2 is 2.15 bits per heavy atom. The zero-order valence-corrected chi connectivity index (χ0v) is 11.1. The van der Waals surface area contributed by atoms with Crippen molar-refractivity contribution in [2.45, 2.75) is 6.04 Å². The van der Waals surface area contributed by atoms with Gasteiger partial charge in [-0.1, -0.05) is 36.3 Å². The van der Waals surface area contributed by atoms with E-state index >= 15 is 0 Å². The number of terminal acetylenes is 1. The largest absolute Gasteiger partial charge is 0.496 e. The van der Waals surface area contributed by atoms with Gasteiger partial charge in [-0.15, -0.1) is 6.42 Å². The van der Waals surface area contributed by atoms with Crippen molar-refractivity contribution < 1.29 is 14.6 Å². The van der Waals surface area contributed by atoms with Gasteiger partial charge in [0.1, 0.15) is 11.8 Å². The highest BCUT2D eigenvalue weighted by molar-refractivity contribution is 5.92. The first kappa shape index (κ1) is 13.9. The molecule has 102 valence electrons. The SMILES string of the molecule is C#CCNC(C(=O)O)c1c(OC)ccc2ccccc12. The van der Waals surface area contributed by atoms with Crippen LogP contribution in [0.4, 0.5) is 0 Å². The molecule has 1 unspecified atom stereocenters. The third kappa shape index (κ3) is 2.58. The number of aliphatic carboxylic acids is 1. The molecule has 2 aromatic carbocycles. The normalized spacial score (nSPS) is 11.8. The molecular formula is C16H15NO3. The summed E-state index contributed by atoms with van der Waals surface area (Å²) in [7, 11) is 1.52. The number of carboxylic acids is 1. The molecular weight excluding hydrogens is 254 g/mol. The Labute approximate surface area is 117 Å². The van der Waals surface area contributed by atoms with Gasteiger partial charge in [-0.2, -0.15) is 0 Å². The lowest BCUT2D eigenvalue weighted by molar-refractivity contribution is -0.139. The maximum absolute atomic E-state index is 11.5. The van der Waals surface area contributed by atoms with E-state index in [4.69, 9.17) is 11.2 Å². The third-order valence-electron chi connectivity index (χ3n) is 3.09. The number of nitrogens with one attached hydrogen (secondary N) is 1. The lowest BCUT2D eigenvalue weighted by Gasteiger charge is -2.19. The molecule has 0 saturated heterocycles. The molecule has 1 atom stereocenters. The van der Waals surface area contributed by atoms with E-state index in [0.29, 0.717) is 11.3 Å². The number of fused-ring (bicyclic) bond motifs is 1. The summed E-state index contributed by atoms with van der Waals surface area (Å²) in [6.07, 6.45) is 5.20. The van der Waals surface area contributed by atoms with Crippen LogP contribution in [-0.4, -0.2) is 24.7 Å². The fourth-order valence-corrected chi connectivity index (χ4v) is 2.23. The minimum Gasteiger partial charge on any atom is -0.496 e. The predicted molar refractivity (Wildman–Crippen MR) is 77.7 cm³/mol. The molecule has 0 bridgehead atoms. The number of ether oxygens (including phenoxy) is 1. The molecule has 0 amide bonds. The van der Waals surface area contributed by atoms with Crippen molar-refractivity contribution in [3.05, 3.63) is 42.0 Å². The standard InChI is InChI=1S/C16H15NO3/c1-3-10-17-15(16(18)19)14-12-7-5-4-6-11(12)8-9-13(14)20-2/h1,4-9,15,17H,10H2,2H3,(H,18,19). The second-order valence-corrected chi connectivity index (χ2v) is 4.26. The quantitative estimate of drug-likeness (QED) is 0.817. The molecule has 0 radical (unpaired) electrons. The molecule has 2 N–H and O–H groups in total. The van der Waals surface area contributed by atoms with Gasteiger partial charge in [0.2, 0.25) is 0 Å². The molecule has 4 heteroatoms. The van der Waals surface area contributed by atoms with Gasteiger partial charge in [0, 0.05) is 5.56 Å². The van der Waals surface area contributed by atoms with Gasteiger partial charge in [0.15, 0.2) is 0 Å². The number of carboxylic acid groups (broad SMARTS) is 1. The lowest BCUT2D eigenvalue weighted by Crippen LogP contribution is -2.29. The molecule has 4 nitrogen and oxygen atoms in total. The van der Waals surface area contributed by atoms with Crippen LogP contribution in [0.5, 0.6) is 5.75 Å². The van der Waals surface area contributed by atoms with Crippen LogP contribution in [0.25, 0.3) is 10.8 Å². The van der Waals surface area contributed by atoms with Gasteiger partial charge in [0.05, 0.1) is 13.7 Å². The van der Waals surface area contributed by atoms with Crippen LogP contribution in [0.2, 0.25) is 0 Å². The minimum absolute atomic E-state index is 0.170. The number of benzene rings is 2. The van der Waals surface area contributed by atoms with Crippen LogP contribution in [-0.2, 0) is 4.79 Å². The van der Waals surface area contributed by atoms with Crippen LogP contribution in [0.1, 0.15) is 11.6 Å². The van der Waals surface area contributed by atoms with Crippen molar-refractivity contribution in [1.82, 2.24) is 5.32 Å². The number of hydrogen-bond acceptors (Lipinski definition) is 3. The predicted octanol–water partition coefficient (Wildman–Crippen LogP) is 2.20. The summed E-state index contributed by atoms with van der Waals surface area (Å²) in [5.41, 5.74) is 0.591. The lowest BCUT2D eigenvalue weighted by atomic mass is 9.97. The molecule has 0 heterocycles. The summed E-state index contributed by atoms with van der Waals surface area (Å²) in [4.78, 5) is 11.5. The Morgan fingerprint density at radius 3 is 2.80 bits per heavy atom. The summed E-state index contributed by atoms with van der Waals surface area (Å²) < 4.78 is 5.31. The highest BCUT2D eigenvalue weighted by Gasteiger charge is 2.24. The van der Waals surface area contributed by atoms with E-state index < -0.39 is 12.0 Å². The Hall–Kier alpha value is -2.51. The first-order valence-corrected chi connectivity index (χ1v) is 6.14. The van der Waals surface area contributed by atoms with Crippen LogP contribution in [0.3, 0.4) is 0 Å². The molecule has 2 rings (SSSR count). The second kappa shape index (κ2) is 6.09. The van der Waals surface area contributed by atoms with E-state index in [9.17, 15) is 9.90 Å². The molecule has 20 heavy (non-hydrogen) atoms. The Bertz CT molecular complexity index is 673. The number of carbonyl (C=O) groups is 1. The average molecular weight is 269 g/mol. The van der Waals surface area contributed by atoms with Crippen molar-refractivity contribution in [2.75, 3.05) is 13.7 Å². The molecule has 2 aromatic rings. The molecule has 0 aliphatic heterocycles. The van der Waals surface area contributed by atoms with E-state index in [1.54, 1.807) is 6.07 Å². The smallest absolute Gasteiger partial charge is 0.325 e. The topological polar surface area (TPSA) is 58.6 Å². The van der Waals surface area contributed by atoms with E-state index in [1.165, 1.54) is 7.11 Å². The van der Waals surface area contributed by atoms with Gasteiger partial charge >= 0.3 is 5.97 Å². The van der Waals surface area contributed by atoms with Crippen LogP contribution >= 0.6 is 0 Å². The first-order valence-electron chi connectivity index (χ1n) is 6.14. The van der Waals surface area contributed by atoms with E-state index in [-0.39, 0.29) is 6.54 Å². The van der Waals surface area contributed by atoms with Crippen molar-refractivity contribution in [3.63, 3.8) is 0 Å². The minimum atomic E-state index is -0.991. The Balaban J connectivity index is 2.65. The molecule has 0 aliphatic rings. The van der Waals surface area contributed by atoms with Crippen molar-refractivity contribution >= 4 is 16.7 Å². The van der Waals surface area contributed by atoms with Gasteiger partial charge < -0.3 is 9.84 Å². The van der Waals surface area contributed by atoms with E-state index in [1.807, 2.05) is 30.3 Å². The van der Waals surface area contributed by atoms with E-state index in [2.05, 4.69) is 11.2 Å². The molecule has 0 saturated carbocycles. The molecule has 0 spiro atoms. The summed E-state index contributed by atoms with van der Waals surface area (Å²) in [6, 6.07) is 10.3. The summed E-state index contributed by atoms with van der Waals surface area (Å²) in [6.45, 7) is 0.170. The van der Waals surface area contributed by atoms with Gasteiger partial charge in [0.25, 0.3) is 0 Å². The molecule has 0 aromatic heterocycles. The highest BCUT2D eigenvalue weighted by Crippen LogP contribution is 2.33. The van der Waals surface area contributed by atoms with Crippen LogP contribution in [0, 0.1) is 12.3 Å². The highest BCUT2D eigenvalue weighted by atomic mass is 16.5. The van der Waals surface area contributed by atoms with Crippen molar-refractivity contribution in [1.29, 1.82) is 0 Å². The summed E-state index contributed by atoms with van der Waals surface area (Å²) in [5, 5.41) is 14.1. The fourth-order valence-electron chi connectivity index (χ4n) is 2.23. The molecule has 0 aliphatic carbocycles. The Kier molecular flexibility index (Phi) is 4.24. The monoisotopic (exact) mass is 269 g/mol. The summed E-state index contributed by atoms with van der Waals surface area (Å²) >= 11 is 0. The third-order valence-corrected chi connectivity index (χ3v) is 3.09. The number of hydrogen-bond donors (Lipinski definition) is 2. The van der Waals surface area contributed by atoms with Gasteiger partial charge in [-0.25, -0.2) is 0 Å². The summed E-state index contributed by atoms with van der Waals surface area (Å²) in [5.74, 6) is 1.93. The first-order chi connectivity index (χ1) is 9.69. The Morgan fingerprint density at radius 1 is 1.40 bits per heavy atom. The average Bonchev–Trinajstić information content (AvgIpc) is 2.47. The maximum atomic E-state index is 11.5. The fraction of sp³-hybridized carbons (Fsp3) is 0.188.